The zero-order valence-electron chi connectivity index (χ0n) is 16.6. The van der Waals surface area contributed by atoms with Gasteiger partial charge in [-0.2, -0.15) is 5.10 Å². The predicted molar refractivity (Wildman–Crippen MR) is 116 cm³/mol. The molecule has 31 heavy (non-hydrogen) atoms. The van der Waals surface area contributed by atoms with Crippen molar-refractivity contribution in [2.75, 3.05) is 6.54 Å². The number of aromatic nitrogens is 4. The van der Waals surface area contributed by atoms with E-state index >= 15 is 0 Å². The summed E-state index contributed by atoms with van der Waals surface area (Å²) in [6, 6.07) is 15.8. The minimum Gasteiger partial charge on any atom is -0.351 e. The lowest BCUT2D eigenvalue weighted by Crippen LogP contribution is -2.26. The Labute approximate surface area is 177 Å². The number of carbonyl (C=O) groups excluding carboxylic acids is 1. The predicted octanol–water partition coefficient (Wildman–Crippen LogP) is 2.61. The Bertz CT molecular complexity index is 1290. The number of hydrogen-bond acceptors (Lipinski definition) is 4. The molecule has 8 heteroatoms. The van der Waals surface area contributed by atoms with Crippen LogP contribution in [0.1, 0.15) is 11.1 Å². The molecule has 2 aromatic heterocycles. The van der Waals surface area contributed by atoms with Crippen molar-refractivity contribution in [1.82, 2.24) is 24.6 Å². The first-order valence-electron chi connectivity index (χ1n) is 9.77. The Hall–Kier alpha value is -4.07. The largest absolute Gasteiger partial charge is 0.351 e. The molecule has 0 aliphatic carbocycles. The fourth-order valence-electron chi connectivity index (χ4n) is 3.16. The van der Waals surface area contributed by atoms with E-state index < -0.39 is 0 Å². The molecule has 0 aliphatic rings. The van der Waals surface area contributed by atoms with Gasteiger partial charge in [-0.05, 0) is 17.7 Å². The van der Waals surface area contributed by atoms with Gasteiger partial charge in [-0.15, -0.1) is 0 Å². The maximum Gasteiger partial charge on any atom is 0.264 e. The molecule has 1 amide bonds. The highest BCUT2D eigenvalue weighted by Crippen LogP contribution is 2.09. The van der Waals surface area contributed by atoms with Gasteiger partial charge in [0.15, 0.2) is 5.65 Å². The molecule has 0 aliphatic heterocycles. The van der Waals surface area contributed by atoms with Crippen molar-refractivity contribution in [3.8, 4) is 0 Å². The second-order valence-corrected chi connectivity index (χ2v) is 6.91. The SMILES string of the molecule is O=C(/C=C/c1ccccc1)NCCn1ncc2c(=O)n(Cc3ccccc3F)cnc21. The average Bonchev–Trinajstić information content (AvgIpc) is 3.20. The van der Waals surface area contributed by atoms with Crippen molar-refractivity contribution in [3.63, 3.8) is 0 Å². The molecule has 156 valence electrons. The van der Waals surface area contributed by atoms with Crippen molar-refractivity contribution in [1.29, 1.82) is 0 Å². The van der Waals surface area contributed by atoms with E-state index in [1.54, 1.807) is 29.0 Å². The molecule has 0 atom stereocenters. The average molecular weight is 417 g/mol. The quantitative estimate of drug-likeness (QED) is 0.469. The van der Waals surface area contributed by atoms with Crippen LogP contribution in [0.5, 0.6) is 0 Å². The lowest BCUT2D eigenvalue weighted by molar-refractivity contribution is -0.116. The third kappa shape index (κ3) is 4.75. The van der Waals surface area contributed by atoms with Crippen molar-refractivity contribution >= 4 is 23.0 Å². The Morgan fingerprint density at radius 1 is 1.10 bits per heavy atom. The summed E-state index contributed by atoms with van der Waals surface area (Å²) in [6.07, 6.45) is 6.03. The van der Waals surface area contributed by atoms with Gasteiger partial charge >= 0.3 is 0 Å². The number of nitrogens with one attached hydrogen (secondary N) is 1. The molecular formula is C23H20FN5O2. The van der Waals surface area contributed by atoms with E-state index in [9.17, 15) is 14.0 Å². The maximum absolute atomic E-state index is 13.9. The van der Waals surface area contributed by atoms with Gasteiger partial charge in [0.2, 0.25) is 5.91 Å². The summed E-state index contributed by atoms with van der Waals surface area (Å²) >= 11 is 0. The van der Waals surface area contributed by atoms with E-state index in [4.69, 9.17) is 0 Å². The Balaban J connectivity index is 1.41. The number of benzene rings is 2. The summed E-state index contributed by atoms with van der Waals surface area (Å²) in [5.41, 5.74) is 1.47. The van der Waals surface area contributed by atoms with E-state index in [2.05, 4.69) is 15.4 Å². The monoisotopic (exact) mass is 417 g/mol. The van der Waals surface area contributed by atoms with E-state index in [0.717, 1.165) is 5.56 Å². The highest BCUT2D eigenvalue weighted by Gasteiger charge is 2.11. The lowest BCUT2D eigenvalue weighted by Gasteiger charge is -2.07. The van der Waals surface area contributed by atoms with E-state index in [0.29, 0.717) is 29.7 Å². The highest BCUT2D eigenvalue weighted by molar-refractivity contribution is 5.91. The van der Waals surface area contributed by atoms with E-state index in [1.807, 2.05) is 30.3 Å². The minimum atomic E-state index is -0.373. The van der Waals surface area contributed by atoms with Crippen LogP contribution in [0.4, 0.5) is 4.39 Å². The van der Waals surface area contributed by atoms with Crippen LogP contribution < -0.4 is 10.9 Å². The third-order valence-corrected chi connectivity index (χ3v) is 4.77. The number of nitrogens with zero attached hydrogens (tertiary/aromatic N) is 4. The number of hydrogen-bond donors (Lipinski definition) is 1. The Morgan fingerprint density at radius 2 is 1.87 bits per heavy atom. The van der Waals surface area contributed by atoms with Crippen LogP contribution in [0.25, 0.3) is 17.1 Å². The highest BCUT2D eigenvalue weighted by atomic mass is 19.1. The van der Waals surface area contributed by atoms with Gasteiger partial charge in [-0.25, -0.2) is 14.1 Å². The smallest absolute Gasteiger partial charge is 0.264 e. The van der Waals surface area contributed by atoms with Crippen LogP contribution in [-0.2, 0) is 17.9 Å². The molecule has 7 nitrogen and oxygen atoms in total. The number of rotatable bonds is 7. The number of fused-ring (bicyclic) bond motifs is 1. The topological polar surface area (TPSA) is 81.8 Å². The van der Waals surface area contributed by atoms with Crippen molar-refractivity contribution in [3.05, 3.63) is 100 Å². The Morgan fingerprint density at radius 3 is 2.68 bits per heavy atom. The van der Waals surface area contributed by atoms with Gasteiger partial charge in [-0.1, -0.05) is 48.5 Å². The molecular weight excluding hydrogens is 397 g/mol. The molecule has 0 unspecified atom stereocenters. The fraction of sp³-hybridized carbons (Fsp3) is 0.130. The van der Waals surface area contributed by atoms with Crippen LogP contribution in [0.2, 0.25) is 0 Å². The molecule has 0 spiro atoms. The molecule has 0 saturated carbocycles. The van der Waals surface area contributed by atoms with Gasteiger partial charge in [0, 0.05) is 18.2 Å². The molecule has 2 heterocycles. The van der Waals surface area contributed by atoms with Gasteiger partial charge in [0.05, 0.1) is 19.3 Å². The van der Waals surface area contributed by atoms with Gasteiger partial charge in [0.25, 0.3) is 5.56 Å². The normalized spacial score (nSPS) is 11.3. The van der Waals surface area contributed by atoms with Gasteiger partial charge in [0.1, 0.15) is 17.5 Å². The molecule has 0 bridgehead atoms. The minimum absolute atomic E-state index is 0.0867. The molecule has 4 rings (SSSR count). The van der Waals surface area contributed by atoms with E-state index in [-0.39, 0.29) is 23.8 Å². The summed E-state index contributed by atoms with van der Waals surface area (Å²) in [5.74, 6) is -0.595. The van der Waals surface area contributed by atoms with Crippen molar-refractivity contribution in [2.45, 2.75) is 13.1 Å². The summed E-state index contributed by atoms with van der Waals surface area (Å²) in [6.45, 7) is 0.774. The first kappa shape index (κ1) is 20.2. The first-order chi connectivity index (χ1) is 15.1. The zero-order chi connectivity index (χ0) is 21.6. The summed E-state index contributed by atoms with van der Waals surface area (Å²) < 4.78 is 16.8. The molecule has 1 N–H and O–H groups in total. The molecule has 0 fully saturated rings. The molecule has 4 aromatic rings. The first-order valence-corrected chi connectivity index (χ1v) is 9.77. The molecule has 2 aromatic carbocycles. The lowest BCUT2D eigenvalue weighted by atomic mass is 10.2. The summed E-state index contributed by atoms with van der Waals surface area (Å²) in [5, 5.41) is 7.33. The van der Waals surface area contributed by atoms with Crippen LogP contribution in [0, 0.1) is 5.82 Å². The molecule has 0 radical (unpaired) electrons. The summed E-state index contributed by atoms with van der Waals surface area (Å²) in [4.78, 5) is 29.0. The van der Waals surface area contributed by atoms with Crippen molar-refractivity contribution in [2.24, 2.45) is 0 Å². The maximum atomic E-state index is 13.9. The van der Waals surface area contributed by atoms with Crippen molar-refractivity contribution < 1.29 is 9.18 Å². The standard InChI is InChI=1S/C23H20FN5O2/c24-20-9-5-4-8-18(20)15-28-16-26-22-19(23(28)31)14-27-29(22)13-12-25-21(30)11-10-17-6-2-1-3-7-17/h1-11,14,16H,12-13,15H2,(H,25,30)/b11-10+. The third-order valence-electron chi connectivity index (χ3n) is 4.77. The van der Waals surface area contributed by atoms with E-state index in [1.165, 1.54) is 29.2 Å². The fourth-order valence-corrected chi connectivity index (χ4v) is 3.16. The summed E-state index contributed by atoms with van der Waals surface area (Å²) in [7, 11) is 0. The van der Waals surface area contributed by atoms with Crippen LogP contribution in [-0.4, -0.2) is 31.8 Å². The zero-order valence-corrected chi connectivity index (χ0v) is 16.6. The van der Waals surface area contributed by atoms with Gasteiger partial charge in [-0.3, -0.25) is 14.2 Å². The number of halogens is 1. The van der Waals surface area contributed by atoms with Crippen LogP contribution in [0.15, 0.2) is 78.0 Å². The Kier molecular flexibility index (Phi) is 5.98. The van der Waals surface area contributed by atoms with Crippen LogP contribution in [0.3, 0.4) is 0 Å². The number of amides is 1. The van der Waals surface area contributed by atoms with Crippen LogP contribution >= 0.6 is 0 Å². The number of carbonyl (C=O) groups is 1. The van der Waals surface area contributed by atoms with Gasteiger partial charge < -0.3 is 5.32 Å². The second-order valence-electron chi connectivity index (χ2n) is 6.91. The second kappa shape index (κ2) is 9.17. The molecule has 0 saturated heterocycles.